The standard InChI is InChI=1S/C20H26N4O3/c1-4-23-9-11-24(12-10-23)20(25)15-5-8-19(21-14-15)22-16-6-7-17(26-2)18(13-16)27-3/h5-8,13-14H,4,9-12H2,1-3H3,(H,21,22). The number of benzene rings is 1. The first-order valence-corrected chi connectivity index (χ1v) is 9.11. The predicted octanol–water partition coefficient (Wildman–Crippen LogP) is 2.62. The van der Waals surface area contributed by atoms with Crippen molar-refractivity contribution in [3.8, 4) is 11.5 Å². The second-order valence-electron chi connectivity index (χ2n) is 6.35. The molecule has 144 valence electrons. The molecule has 1 aliphatic heterocycles. The molecule has 1 aromatic heterocycles. The lowest BCUT2D eigenvalue weighted by Gasteiger charge is -2.34. The van der Waals surface area contributed by atoms with Crippen molar-refractivity contribution in [2.45, 2.75) is 6.92 Å². The van der Waals surface area contributed by atoms with Gasteiger partial charge >= 0.3 is 0 Å². The molecule has 1 N–H and O–H groups in total. The first-order valence-electron chi connectivity index (χ1n) is 9.11. The molecule has 27 heavy (non-hydrogen) atoms. The number of piperazine rings is 1. The van der Waals surface area contributed by atoms with Gasteiger partial charge < -0.3 is 24.6 Å². The van der Waals surface area contributed by atoms with Crippen molar-refractivity contribution < 1.29 is 14.3 Å². The number of carbonyl (C=O) groups is 1. The van der Waals surface area contributed by atoms with Crippen LogP contribution >= 0.6 is 0 Å². The third-order valence-corrected chi connectivity index (χ3v) is 4.77. The summed E-state index contributed by atoms with van der Waals surface area (Å²) in [5.74, 6) is 2.01. The molecule has 2 heterocycles. The van der Waals surface area contributed by atoms with Gasteiger partial charge in [-0.05, 0) is 30.8 Å². The van der Waals surface area contributed by atoms with Crippen molar-refractivity contribution in [3.63, 3.8) is 0 Å². The lowest BCUT2D eigenvalue weighted by atomic mass is 10.2. The van der Waals surface area contributed by atoms with Crippen LogP contribution in [-0.4, -0.2) is 67.6 Å². The van der Waals surface area contributed by atoms with E-state index in [0.717, 1.165) is 38.4 Å². The minimum atomic E-state index is 0.0379. The highest BCUT2D eigenvalue weighted by atomic mass is 16.5. The molecule has 1 saturated heterocycles. The van der Waals surface area contributed by atoms with Gasteiger partial charge in [-0.25, -0.2) is 4.98 Å². The number of likely N-dealkylation sites (N-methyl/N-ethyl adjacent to an activating group) is 1. The fourth-order valence-corrected chi connectivity index (χ4v) is 3.11. The van der Waals surface area contributed by atoms with Gasteiger partial charge in [-0.1, -0.05) is 6.92 Å². The summed E-state index contributed by atoms with van der Waals surface area (Å²) in [6.07, 6.45) is 1.62. The van der Waals surface area contributed by atoms with Gasteiger partial charge in [-0.3, -0.25) is 4.79 Å². The molecule has 1 aliphatic rings. The third kappa shape index (κ3) is 4.49. The van der Waals surface area contributed by atoms with Crippen LogP contribution in [0.3, 0.4) is 0 Å². The molecular formula is C20H26N4O3. The molecule has 1 aromatic carbocycles. The van der Waals surface area contributed by atoms with E-state index in [4.69, 9.17) is 9.47 Å². The van der Waals surface area contributed by atoms with Crippen LogP contribution in [0.25, 0.3) is 0 Å². The van der Waals surface area contributed by atoms with Crippen LogP contribution in [0.5, 0.6) is 11.5 Å². The summed E-state index contributed by atoms with van der Waals surface area (Å²) in [5, 5.41) is 3.21. The maximum Gasteiger partial charge on any atom is 0.255 e. The molecule has 1 amide bonds. The van der Waals surface area contributed by atoms with Crippen LogP contribution in [0.4, 0.5) is 11.5 Å². The van der Waals surface area contributed by atoms with Crippen molar-refractivity contribution in [1.82, 2.24) is 14.8 Å². The molecular weight excluding hydrogens is 344 g/mol. The molecule has 3 rings (SSSR count). The minimum Gasteiger partial charge on any atom is -0.493 e. The Hall–Kier alpha value is -2.80. The van der Waals surface area contributed by atoms with Gasteiger partial charge in [0.1, 0.15) is 5.82 Å². The van der Waals surface area contributed by atoms with Gasteiger partial charge in [-0.2, -0.15) is 0 Å². The smallest absolute Gasteiger partial charge is 0.255 e. The number of carbonyl (C=O) groups excluding carboxylic acids is 1. The maximum absolute atomic E-state index is 12.6. The van der Waals surface area contributed by atoms with E-state index in [2.05, 4.69) is 22.1 Å². The number of aromatic nitrogens is 1. The van der Waals surface area contributed by atoms with Crippen LogP contribution in [0, 0.1) is 0 Å². The normalized spacial score (nSPS) is 14.7. The number of hydrogen-bond donors (Lipinski definition) is 1. The van der Waals surface area contributed by atoms with Gasteiger partial charge in [0.05, 0.1) is 19.8 Å². The van der Waals surface area contributed by atoms with Crippen LogP contribution < -0.4 is 14.8 Å². The molecule has 0 bridgehead atoms. The average Bonchev–Trinajstić information content (AvgIpc) is 2.73. The molecule has 7 nitrogen and oxygen atoms in total. The van der Waals surface area contributed by atoms with E-state index >= 15 is 0 Å². The summed E-state index contributed by atoms with van der Waals surface area (Å²) in [6, 6.07) is 9.17. The predicted molar refractivity (Wildman–Crippen MR) is 105 cm³/mol. The average molecular weight is 370 g/mol. The van der Waals surface area contributed by atoms with Gasteiger partial charge in [0.2, 0.25) is 0 Å². The summed E-state index contributed by atoms with van der Waals surface area (Å²) >= 11 is 0. The molecule has 0 spiro atoms. The largest absolute Gasteiger partial charge is 0.493 e. The van der Waals surface area contributed by atoms with E-state index in [0.29, 0.717) is 22.9 Å². The third-order valence-electron chi connectivity index (χ3n) is 4.77. The summed E-state index contributed by atoms with van der Waals surface area (Å²) in [6.45, 7) is 6.55. The Balaban J connectivity index is 1.64. The first-order chi connectivity index (χ1) is 13.1. The number of pyridine rings is 1. The Labute approximate surface area is 159 Å². The van der Waals surface area contributed by atoms with Crippen LogP contribution in [0.1, 0.15) is 17.3 Å². The molecule has 0 aliphatic carbocycles. The van der Waals surface area contributed by atoms with Crippen molar-refractivity contribution in [2.24, 2.45) is 0 Å². The van der Waals surface area contributed by atoms with Crippen molar-refractivity contribution >= 4 is 17.4 Å². The Bertz CT molecular complexity index is 771. The lowest BCUT2D eigenvalue weighted by Crippen LogP contribution is -2.48. The molecule has 2 aromatic rings. The zero-order valence-electron chi connectivity index (χ0n) is 16.1. The number of nitrogens with zero attached hydrogens (tertiary/aromatic N) is 3. The van der Waals surface area contributed by atoms with E-state index in [-0.39, 0.29) is 5.91 Å². The molecule has 0 unspecified atom stereocenters. The fourth-order valence-electron chi connectivity index (χ4n) is 3.11. The number of anilines is 2. The highest BCUT2D eigenvalue weighted by molar-refractivity contribution is 5.94. The second kappa shape index (κ2) is 8.73. The highest BCUT2D eigenvalue weighted by Gasteiger charge is 2.21. The first kappa shape index (κ1) is 19.0. The summed E-state index contributed by atoms with van der Waals surface area (Å²) < 4.78 is 10.6. The summed E-state index contributed by atoms with van der Waals surface area (Å²) in [7, 11) is 3.20. The number of amides is 1. The Morgan fingerprint density at radius 1 is 1.07 bits per heavy atom. The van der Waals surface area contributed by atoms with Crippen molar-refractivity contribution in [1.29, 1.82) is 0 Å². The van der Waals surface area contributed by atoms with Gasteiger partial charge in [0.25, 0.3) is 5.91 Å². The topological polar surface area (TPSA) is 66.9 Å². The Morgan fingerprint density at radius 3 is 2.41 bits per heavy atom. The van der Waals surface area contributed by atoms with Crippen LogP contribution in [0.15, 0.2) is 36.5 Å². The molecule has 0 radical (unpaired) electrons. The number of methoxy groups -OCH3 is 2. The molecule has 7 heteroatoms. The van der Waals surface area contributed by atoms with E-state index in [1.54, 1.807) is 20.4 Å². The zero-order chi connectivity index (χ0) is 19.2. The fraction of sp³-hybridized carbons (Fsp3) is 0.400. The maximum atomic E-state index is 12.6. The monoisotopic (exact) mass is 370 g/mol. The molecule has 1 fully saturated rings. The van der Waals surface area contributed by atoms with Gasteiger partial charge in [0.15, 0.2) is 11.5 Å². The summed E-state index contributed by atoms with van der Waals surface area (Å²) in [5.41, 5.74) is 1.44. The Kier molecular flexibility index (Phi) is 6.13. The minimum absolute atomic E-state index is 0.0379. The molecule has 0 saturated carbocycles. The second-order valence-corrected chi connectivity index (χ2v) is 6.35. The van der Waals surface area contributed by atoms with Gasteiger partial charge in [0, 0.05) is 44.1 Å². The van der Waals surface area contributed by atoms with E-state index in [1.807, 2.05) is 35.2 Å². The number of ether oxygens (including phenoxy) is 2. The number of hydrogen-bond acceptors (Lipinski definition) is 6. The van der Waals surface area contributed by atoms with E-state index < -0.39 is 0 Å². The van der Waals surface area contributed by atoms with E-state index in [1.165, 1.54) is 0 Å². The number of nitrogens with one attached hydrogen (secondary N) is 1. The van der Waals surface area contributed by atoms with Crippen molar-refractivity contribution in [2.75, 3.05) is 52.3 Å². The summed E-state index contributed by atoms with van der Waals surface area (Å²) in [4.78, 5) is 21.3. The highest BCUT2D eigenvalue weighted by Crippen LogP contribution is 2.30. The lowest BCUT2D eigenvalue weighted by molar-refractivity contribution is 0.0643. The Morgan fingerprint density at radius 2 is 1.81 bits per heavy atom. The van der Waals surface area contributed by atoms with Crippen LogP contribution in [0.2, 0.25) is 0 Å². The van der Waals surface area contributed by atoms with Crippen LogP contribution in [-0.2, 0) is 0 Å². The van der Waals surface area contributed by atoms with Crippen molar-refractivity contribution in [3.05, 3.63) is 42.1 Å². The zero-order valence-corrected chi connectivity index (χ0v) is 16.1. The van der Waals surface area contributed by atoms with Gasteiger partial charge in [-0.15, -0.1) is 0 Å². The SMILES string of the molecule is CCN1CCN(C(=O)c2ccc(Nc3ccc(OC)c(OC)c3)nc2)CC1. The van der Waals surface area contributed by atoms with E-state index in [9.17, 15) is 4.79 Å². The molecule has 0 atom stereocenters. The quantitative estimate of drug-likeness (QED) is 0.843. The number of rotatable bonds is 6.